The summed E-state index contributed by atoms with van der Waals surface area (Å²) in [4.78, 5) is 5.19. The average Bonchev–Trinajstić information content (AvgIpc) is 3.09. The number of nitrogens with one attached hydrogen (secondary N) is 1. The van der Waals surface area contributed by atoms with Gasteiger partial charge in [-0.15, -0.1) is 0 Å². The van der Waals surface area contributed by atoms with Crippen molar-refractivity contribution in [2.75, 3.05) is 0 Å². The molecule has 0 fully saturated rings. The number of allylic oxidation sites excluding steroid dienone is 1. The van der Waals surface area contributed by atoms with E-state index in [0.717, 1.165) is 28.1 Å². The number of fused-ring (bicyclic) bond motifs is 6. The summed E-state index contributed by atoms with van der Waals surface area (Å²) in [6, 6.07) is 54.1. The van der Waals surface area contributed by atoms with Crippen LogP contribution in [0.4, 0.5) is 0 Å². The minimum Gasteiger partial charge on any atom is -0.360 e. The number of nitrogens with zero attached hydrogens (tertiary/aromatic N) is 1. The van der Waals surface area contributed by atoms with Crippen molar-refractivity contribution >= 4 is 43.7 Å². The highest BCUT2D eigenvalue weighted by Crippen LogP contribution is 2.37. The molecule has 1 aliphatic rings. The minimum absolute atomic E-state index is 0.203. The van der Waals surface area contributed by atoms with Crippen LogP contribution in [-0.4, -0.2) is 5.71 Å². The summed E-state index contributed by atoms with van der Waals surface area (Å²) in [6.45, 7) is 0. The fourth-order valence-corrected chi connectivity index (χ4v) is 6.22. The molecule has 2 heteroatoms. The minimum atomic E-state index is -0.203. The van der Waals surface area contributed by atoms with Gasteiger partial charge in [-0.05, 0) is 78.3 Å². The molecule has 1 atom stereocenters. The number of hydrogen-bond acceptors (Lipinski definition) is 2. The van der Waals surface area contributed by atoms with Gasteiger partial charge in [0.05, 0.1) is 5.71 Å². The topological polar surface area (TPSA) is 24.4 Å². The Balaban J connectivity index is 1.24. The molecular formula is C40H28N2. The Hall–Kier alpha value is -5.47. The second-order valence-corrected chi connectivity index (χ2v) is 10.8. The average molecular weight is 537 g/mol. The molecule has 7 aromatic carbocycles. The molecule has 0 radical (unpaired) electrons. The van der Waals surface area contributed by atoms with Crippen LogP contribution < -0.4 is 5.32 Å². The van der Waals surface area contributed by atoms with E-state index in [1.165, 1.54) is 43.4 Å². The molecule has 0 aliphatic carbocycles. The summed E-state index contributed by atoms with van der Waals surface area (Å²) in [5.41, 5.74) is 7.83. The van der Waals surface area contributed by atoms with Gasteiger partial charge in [-0.2, -0.15) is 0 Å². The van der Waals surface area contributed by atoms with E-state index in [9.17, 15) is 0 Å². The van der Waals surface area contributed by atoms with Gasteiger partial charge in [0.15, 0.2) is 0 Å². The van der Waals surface area contributed by atoms with Crippen LogP contribution in [0.5, 0.6) is 0 Å². The summed E-state index contributed by atoms with van der Waals surface area (Å²) in [7, 11) is 0. The summed E-state index contributed by atoms with van der Waals surface area (Å²) in [6.07, 6.45) is 1.95. The van der Waals surface area contributed by atoms with Crippen molar-refractivity contribution in [3.05, 3.63) is 174 Å². The Morgan fingerprint density at radius 1 is 0.405 bits per heavy atom. The van der Waals surface area contributed by atoms with Gasteiger partial charge in [-0.25, -0.2) is 0 Å². The zero-order valence-electron chi connectivity index (χ0n) is 23.0. The highest BCUT2D eigenvalue weighted by Gasteiger charge is 2.20. The Labute approximate surface area is 245 Å². The van der Waals surface area contributed by atoms with E-state index in [2.05, 4.69) is 157 Å². The van der Waals surface area contributed by atoms with Crippen LogP contribution in [0.15, 0.2) is 163 Å². The lowest BCUT2D eigenvalue weighted by molar-refractivity contribution is 0.664. The van der Waals surface area contributed by atoms with Crippen molar-refractivity contribution in [1.29, 1.82) is 0 Å². The molecule has 7 aromatic rings. The number of rotatable bonds is 4. The maximum absolute atomic E-state index is 5.19. The Kier molecular flexibility index (Phi) is 5.89. The Morgan fingerprint density at radius 3 is 1.60 bits per heavy atom. The SMILES string of the molecule is C1=C(c2ccccc2)NC(c2cccc(-c3ccc4c5ccccc5c5ccccc5c4c3)c2)N=C1c1ccccc1. The lowest BCUT2D eigenvalue weighted by atomic mass is 9.91. The number of aliphatic imine (C=N–C) groups is 1. The fourth-order valence-electron chi connectivity index (χ4n) is 6.22. The Bertz CT molecular complexity index is 2120. The van der Waals surface area contributed by atoms with Crippen molar-refractivity contribution < 1.29 is 0 Å². The van der Waals surface area contributed by atoms with Crippen LogP contribution in [0.2, 0.25) is 0 Å². The summed E-state index contributed by atoms with van der Waals surface area (Å²) < 4.78 is 0. The molecule has 0 aromatic heterocycles. The van der Waals surface area contributed by atoms with E-state index in [-0.39, 0.29) is 6.17 Å². The predicted octanol–water partition coefficient (Wildman–Crippen LogP) is 9.95. The summed E-state index contributed by atoms with van der Waals surface area (Å²) >= 11 is 0. The van der Waals surface area contributed by atoms with Crippen LogP contribution in [0.3, 0.4) is 0 Å². The van der Waals surface area contributed by atoms with Crippen molar-refractivity contribution in [3.63, 3.8) is 0 Å². The molecule has 0 saturated heterocycles. The van der Waals surface area contributed by atoms with Crippen LogP contribution in [0.1, 0.15) is 22.9 Å². The monoisotopic (exact) mass is 536 g/mol. The first-order valence-electron chi connectivity index (χ1n) is 14.4. The van der Waals surface area contributed by atoms with Crippen LogP contribution >= 0.6 is 0 Å². The molecule has 0 spiro atoms. The van der Waals surface area contributed by atoms with Gasteiger partial charge in [0.2, 0.25) is 0 Å². The van der Waals surface area contributed by atoms with E-state index < -0.39 is 0 Å². The third-order valence-electron chi connectivity index (χ3n) is 8.28. The van der Waals surface area contributed by atoms with E-state index in [1.807, 2.05) is 6.07 Å². The molecule has 1 heterocycles. The quantitative estimate of drug-likeness (QED) is 0.222. The second-order valence-electron chi connectivity index (χ2n) is 10.8. The molecule has 8 rings (SSSR count). The van der Waals surface area contributed by atoms with Crippen molar-refractivity contribution in [2.45, 2.75) is 6.17 Å². The smallest absolute Gasteiger partial charge is 0.145 e. The second kappa shape index (κ2) is 10.2. The van der Waals surface area contributed by atoms with Crippen molar-refractivity contribution in [2.24, 2.45) is 4.99 Å². The molecule has 0 bridgehead atoms. The van der Waals surface area contributed by atoms with Gasteiger partial charge in [0.25, 0.3) is 0 Å². The lowest BCUT2D eigenvalue weighted by Gasteiger charge is -2.25. The molecule has 1 aliphatic heterocycles. The fraction of sp³-hybridized carbons (Fsp3) is 0.0250. The Morgan fingerprint density at radius 2 is 0.929 bits per heavy atom. The maximum Gasteiger partial charge on any atom is 0.145 e. The highest BCUT2D eigenvalue weighted by atomic mass is 15.1. The first-order chi connectivity index (χ1) is 20.8. The maximum atomic E-state index is 5.19. The van der Waals surface area contributed by atoms with E-state index in [0.29, 0.717) is 0 Å². The largest absolute Gasteiger partial charge is 0.360 e. The molecule has 0 saturated carbocycles. The van der Waals surface area contributed by atoms with Crippen LogP contribution in [0.25, 0.3) is 49.1 Å². The van der Waals surface area contributed by atoms with Gasteiger partial charge >= 0.3 is 0 Å². The lowest BCUT2D eigenvalue weighted by Crippen LogP contribution is -2.24. The normalized spacial score (nSPS) is 14.9. The molecule has 1 unspecified atom stereocenters. The molecular weight excluding hydrogens is 508 g/mol. The third-order valence-corrected chi connectivity index (χ3v) is 8.28. The number of hydrogen-bond donors (Lipinski definition) is 1. The van der Waals surface area contributed by atoms with Crippen LogP contribution in [-0.2, 0) is 0 Å². The van der Waals surface area contributed by atoms with E-state index in [1.54, 1.807) is 0 Å². The van der Waals surface area contributed by atoms with Crippen molar-refractivity contribution in [1.82, 2.24) is 5.32 Å². The predicted molar refractivity (Wildman–Crippen MR) is 178 cm³/mol. The standard InChI is InChI=1S/C40H28N2/c1-3-12-27(13-4-1)38-26-39(28-14-5-2-6-15-28)42-40(41-38)31-17-11-16-29(24-31)30-22-23-36-34-20-8-7-18-32(34)33-19-9-10-21-35(33)37(36)25-30/h1-26,40-41H. The van der Waals surface area contributed by atoms with Gasteiger partial charge in [-0.3, -0.25) is 4.99 Å². The summed E-state index contributed by atoms with van der Waals surface area (Å²) in [5.74, 6) is 0. The van der Waals surface area contributed by atoms with E-state index >= 15 is 0 Å². The zero-order chi connectivity index (χ0) is 27.9. The van der Waals surface area contributed by atoms with E-state index in [4.69, 9.17) is 4.99 Å². The van der Waals surface area contributed by atoms with Crippen molar-refractivity contribution in [3.8, 4) is 11.1 Å². The molecule has 0 amide bonds. The zero-order valence-corrected chi connectivity index (χ0v) is 23.0. The molecule has 198 valence electrons. The number of benzene rings is 7. The van der Waals surface area contributed by atoms with Crippen LogP contribution in [0, 0.1) is 0 Å². The summed E-state index contributed by atoms with van der Waals surface area (Å²) in [5, 5.41) is 11.4. The van der Waals surface area contributed by atoms with Gasteiger partial charge in [-0.1, -0.05) is 140 Å². The first-order valence-corrected chi connectivity index (χ1v) is 14.4. The third kappa shape index (κ3) is 4.25. The molecule has 42 heavy (non-hydrogen) atoms. The van der Waals surface area contributed by atoms with Gasteiger partial charge in [0.1, 0.15) is 6.17 Å². The first kappa shape index (κ1) is 24.3. The highest BCUT2D eigenvalue weighted by molar-refractivity contribution is 6.25. The van der Waals surface area contributed by atoms with Gasteiger partial charge in [0, 0.05) is 5.70 Å². The molecule has 2 nitrogen and oxygen atoms in total. The molecule has 1 N–H and O–H groups in total. The van der Waals surface area contributed by atoms with Gasteiger partial charge < -0.3 is 5.32 Å².